The molecule has 1 aromatic heterocycles. The second-order valence-corrected chi connectivity index (χ2v) is 4.75. The lowest BCUT2D eigenvalue weighted by Crippen LogP contribution is -2.38. The smallest absolute Gasteiger partial charge is 0.325 e. The number of anilines is 1. The molecule has 0 aliphatic carbocycles. The number of rotatable bonds is 3. The number of carbonyl (C=O) groups excluding carboxylic acids is 1. The summed E-state index contributed by atoms with van der Waals surface area (Å²) in [6.45, 7) is -0.367. The van der Waals surface area contributed by atoms with Crippen LogP contribution in [0.2, 0.25) is 0 Å². The Hall–Kier alpha value is -2.84. The molecule has 0 aliphatic rings. The molecule has 0 aliphatic heterocycles. The van der Waals surface area contributed by atoms with E-state index in [1.807, 2.05) is 0 Å². The van der Waals surface area contributed by atoms with Gasteiger partial charge in [-0.2, -0.15) is 13.2 Å². The third kappa shape index (κ3) is 3.87. The third-order valence-electron chi connectivity index (χ3n) is 3.07. The molecule has 2 rings (SSSR count). The van der Waals surface area contributed by atoms with E-state index in [0.717, 1.165) is 39.5 Å². The maximum atomic E-state index is 12.4. The predicted octanol–water partition coefficient (Wildman–Crippen LogP) is 1.20. The highest BCUT2D eigenvalue weighted by molar-refractivity contribution is 5.90. The number of nitrogens with zero attached hydrogens (tertiary/aromatic N) is 2. The summed E-state index contributed by atoms with van der Waals surface area (Å²) in [6.07, 6.45) is -3.28. The van der Waals surface area contributed by atoms with Crippen LogP contribution in [0.5, 0.6) is 0 Å². The van der Waals surface area contributed by atoms with E-state index in [1.54, 1.807) is 0 Å². The van der Waals surface area contributed by atoms with Crippen molar-refractivity contribution in [1.82, 2.24) is 9.13 Å². The zero-order valence-electron chi connectivity index (χ0n) is 11.9. The Labute approximate surface area is 127 Å². The maximum Gasteiger partial charge on any atom is 0.416 e. The standard InChI is InChI=1S/C14H12F3N3O3/c1-19-12(22)6-7-20(13(19)23)8-11(21)18-10-4-2-9(3-5-10)14(15,16)17/h2-7H,8H2,1H3,(H,18,21). The Morgan fingerprint density at radius 2 is 1.74 bits per heavy atom. The van der Waals surface area contributed by atoms with Crippen LogP contribution in [0, 0.1) is 0 Å². The van der Waals surface area contributed by atoms with E-state index in [1.165, 1.54) is 13.2 Å². The first-order chi connectivity index (χ1) is 10.7. The van der Waals surface area contributed by atoms with Crippen molar-refractivity contribution in [3.8, 4) is 0 Å². The molecule has 23 heavy (non-hydrogen) atoms. The van der Waals surface area contributed by atoms with Gasteiger partial charge in [0.2, 0.25) is 5.91 Å². The first-order valence-electron chi connectivity index (χ1n) is 6.42. The van der Waals surface area contributed by atoms with Crippen LogP contribution in [0.25, 0.3) is 0 Å². The normalized spacial score (nSPS) is 11.3. The van der Waals surface area contributed by atoms with E-state index >= 15 is 0 Å². The minimum absolute atomic E-state index is 0.167. The van der Waals surface area contributed by atoms with E-state index in [9.17, 15) is 27.6 Å². The largest absolute Gasteiger partial charge is 0.416 e. The Morgan fingerprint density at radius 3 is 2.30 bits per heavy atom. The summed E-state index contributed by atoms with van der Waals surface area (Å²) in [5.74, 6) is -0.606. The van der Waals surface area contributed by atoms with Gasteiger partial charge in [0.1, 0.15) is 6.54 Å². The number of aromatic nitrogens is 2. The van der Waals surface area contributed by atoms with Gasteiger partial charge in [0, 0.05) is 25.0 Å². The number of carbonyl (C=O) groups is 1. The molecule has 0 spiro atoms. The van der Waals surface area contributed by atoms with Gasteiger partial charge in [0.05, 0.1) is 5.56 Å². The molecule has 1 N–H and O–H groups in total. The molecule has 1 aromatic carbocycles. The van der Waals surface area contributed by atoms with Crippen LogP contribution >= 0.6 is 0 Å². The molecule has 9 heteroatoms. The van der Waals surface area contributed by atoms with Crippen LogP contribution in [-0.2, 0) is 24.6 Å². The average molecular weight is 327 g/mol. The summed E-state index contributed by atoms with van der Waals surface area (Å²) >= 11 is 0. The van der Waals surface area contributed by atoms with E-state index in [0.29, 0.717) is 0 Å². The molecular weight excluding hydrogens is 315 g/mol. The molecule has 0 atom stereocenters. The Kier molecular flexibility index (Phi) is 4.39. The van der Waals surface area contributed by atoms with Crippen LogP contribution < -0.4 is 16.6 Å². The Morgan fingerprint density at radius 1 is 1.13 bits per heavy atom. The minimum atomic E-state index is -4.45. The molecule has 1 heterocycles. The van der Waals surface area contributed by atoms with E-state index in [4.69, 9.17) is 0 Å². The topological polar surface area (TPSA) is 73.1 Å². The second-order valence-electron chi connectivity index (χ2n) is 4.75. The van der Waals surface area contributed by atoms with Crippen molar-refractivity contribution in [2.24, 2.45) is 7.05 Å². The number of hydrogen-bond donors (Lipinski definition) is 1. The highest BCUT2D eigenvalue weighted by atomic mass is 19.4. The van der Waals surface area contributed by atoms with Crippen LogP contribution in [0.1, 0.15) is 5.56 Å². The average Bonchev–Trinajstić information content (AvgIpc) is 2.47. The molecule has 122 valence electrons. The molecule has 1 amide bonds. The number of amides is 1. The van der Waals surface area contributed by atoms with Gasteiger partial charge in [-0.15, -0.1) is 0 Å². The van der Waals surface area contributed by atoms with E-state index < -0.39 is 28.9 Å². The van der Waals surface area contributed by atoms with Gasteiger partial charge in [0.15, 0.2) is 0 Å². The molecule has 2 aromatic rings. The van der Waals surface area contributed by atoms with Gasteiger partial charge >= 0.3 is 11.9 Å². The minimum Gasteiger partial charge on any atom is -0.325 e. The first-order valence-corrected chi connectivity index (χ1v) is 6.42. The summed E-state index contributed by atoms with van der Waals surface area (Å²) in [6, 6.07) is 5.04. The van der Waals surface area contributed by atoms with Crippen molar-refractivity contribution in [2.75, 3.05) is 5.32 Å². The van der Waals surface area contributed by atoms with Crippen molar-refractivity contribution < 1.29 is 18.0 Å². The summed E-state index contributed by atoms with van der Waals surface area (Å²) in [7, 11) is 1.27. The molecule has 0 unspecified atom stereocenters. The van der Waals surface area contributed by atoms with Crippen LogP contribution in [0.4, 0.5) is 18.9 Å². The highest BCUT2D eigenvalue weighted by Crippen LogP contribution is 2.29. The zero-order chi connectivity index (χ0) is 17.2. The van der Waals surface area contributed by atoms with Crippen LogP contribution in [0.3, 0.4) is 0 Å². The van der Waals surface area contributed by atoms with Crippen molar-refractivity contribution >= 4 is 11.6 Å². The zero-order valence-corrected chi connectivity index (χ0v) is 11.9. The molecule has 6 nitrogen and oxygen atoms in total. The van der Waals surface area contributed by atoms with Gasteiger partial charge in [0.25, 0.3) is 5.56 Å². The summed E-state index contributed by atoms with van der Waals surface area (Å²) in [5, 5.41) is 2.38. The Balaban J connectivity index is 2.10. The van der Waals surface area contributed by atoms with Crippen molar-refractivity contribution in [3.05, 3.63) is 62.9 Å². The SMILES string of the molecule is Cn1c(=O)ccn(CC(=O)Nc2ccc(C(F)(F)F)cc2)c1=O. The van der Waals surface area contributed by atoms with Crippen molar-refractivity contribution in [1.29, 1.82) is 0 Å². The Bertz CT molecular complexity index is 835. The molecule has 0 bridgehead atoms. The monoisotopic (exact) mass is 327 g/mol. The molecule has 0 fully saturated rings. The van der Waals surface area contributed by atoms with E-state index in [-0.39, 0.29) is 12.2 Å². The predicted molar refractivity (Wildman–Crippen MR) is 76.0 cm³/mol. The lowest BCUT2D eigenvalue weighted by molar-refractivity contribution is -0.137. The number of benzene rings is 1. The van der Waals surface area contributed by atoms with Gasteiger partial charge in [-0.3, -0.25) is 18.7 Å². The van der Waals surface area contributed by atoms with Gasteiger partial charge in [-0.25, -0.2) is 4.79 Å². The fourth-order valence-corrected chi connectivity index (χ4v) is 1.83. The van der Waals surface area contributed by atoms with Crippen LogP contribution in [-0.4, -0.2) is 15.0 Å². The molecular formula is C14H12F3N3O3. The fourth-order valence-electron chi connectivity index (χ4n) is 1.83. The molecule has 0 saturated heterocycles. The number of hydrogen-bond acceptors (Lipinski definition) is 3. The summed E-state index contributed by atoms with van der Waals surface area (Å²) < 4.78 is 39.1. The molecule has 0 saturated carbocycles. The second kappa shape index (κ2) is 6.11. The fraction of sp³-hybridized carbons (Fsp3) is 0.214. The number of nitrogens with one attached hydrogen (secondary N) is 1. The first kappa shape index (κ1) is 16.5. The molecule has 0 radical (unpaired) electrons. The van der Waals surface area contributed by atoms with Crippen molar-refractivity contribution in [3.63, 3.8) is 0 Å². The lowest BCUT2D eigenvalue weighted by atomic mass is 10.2. The highest BCUT2D eigenvalue weighted by Gasteiger charge is 2.29. The van der Waals surface area contributed by atoms with Gasteiger partial charge in [-0.1, -0.05) is 0 Å². The number of halogens is 3. The third-order valence-corrected chi connectivity index (χ3v) is 3.07. The summed E-state index contributed by atoms with van der Waals surface area (Å²) in [4.78, 5) is 34.8. The quantitative estimate of drug-likeness (QED) is 0.921. The number of alkyl halides is 3. The van der Waals surface area contributed by atoms with Crippen molar-refractivity contribution in [2.45, 2.75) is 12.7 Å². The summed E-state index contributed by atoms with van der Waals surface area (Å²) in [5.41, 5.74) is -1.83. The van der Waals surface area contributed by atoms with Crippen LogP contribution in [0.15, 0.2) is 46.1 Å². The van der Waals surface area contributed by atoms with Gasteiger partial charge < -0.3 is 5.32 Å². The maximum absolute atomic E-state index is 12.4. The lowest BCUT2D eigenvalue weighted by Gasteiger charge is -2.10. The van der Waals surface area contributed by atoms with E-state index in [2.05, 4.69) is 5.32 Å². The van der Waals surface area contributed by atoms with Gasteiger partial charge in [-0.05, 0) is 24.3 Å².